The van der Waals surface area contributed by atoms with Crippen LogP contribution in [0.3, 0.4) is 0 Å². The Morgan fingerprint density at radius 3 is 2.07 bits per heavy atom. The van der Waals surface area contributed by atoms with Crippen LogP contribution in [0.5, 0.6) is 11.5 Å². The number of hydrogen-bond acceptors (Lipinski definition) is 3. The first kappa shape index (κ1) is 20.5. The van der Waals surface area contributed by atoms with Crippen molar-refractivity contribution in [2.45, 2.75) is 65.2 Å². The lowest BCUT2D eigenvalue weighted by molar-refractivity contribution is 0.431. The molecule has 0 fully saturated rings. The highest BCUT2D eigenvalue weighted by Gasteiger charge is 2.27. The van der Waals surface area contributed by atoms with Crippen LogP contribution in [0.1, 0.15) is 76.6 Å². The predicted molar refractivity (Wildman–Crippen MR) is 109 cm³/mol. The first-order valence-electron chi connectivity index (χ1n) is 9.46. The zero-order chi connectivity index (χ0) is 20.2. The summed E-state index contributed by atoms with van der Waals surface area (Å²) in [5.41, 5.74) is 3.01. The molecule has 0 amide bonds. The van der Waals surface area contributed by atoms with Crippen LogP contribution in [0.4, 0.5) is 0 Å². The number of nitrogens with zero attached hydrogens (tertiary/aromatic N) is 2. The monoisotopic (exact) mass is 360 g/mol. The van der Waals surface area contributed by atoms with Crippen molar-refractivity contribution in [1.29, 1.82) is 10.5 Å². The molecule has 0 saturated carbocycles. The van der Waals surface area contributed by atoms with Gasteiger partial charge in [-0.2, -0.15) is 10.5 Å². The second-order valence-corrected chi connectivity index (χ2v) is 8.19. The Labute approximate surface area is 163 Å². The van der Waals surface area contributed by atoms with Gasteiger partial charge in [0.15, 0.2) is 0 Å². The lowest BCUT2D eigenvalue weighted by Crippen LogP contribution is -2.20. The predicted octanol–water partition coefficient (Wildman–Crippen LogP) is 6.60. The van der Waals surface area contributed by atoms with Gasteiger partial charge in [-0.05, 0) is 47.4 Å². The topological polar surface area (TPSA) is 56.8 Å². The maximum atomic E-state index is 9.49. The van der Waals surface area contributed by atoms with Gasteiger partial charge in [0.05, 0.1) is 5.56 Å². The molecule has 3 heteroatoms. The summed E-state index contributed by atoms with van der Waals surface area (Å²) < 4.78 is 6.19. The second kappa shape index (κ2) is 7.85. The van der Waals surface area contributed by atoms with Crippen molar-refractivity contribution in [3.8, 4) is 23.6 Å². The van der Waals surface area contributed by atoms with E-state index in [0.717, 1.165) is 24.2 Å². The molecule has 3 nitrogen and oxygen atoms in total. The van der Waals surface area contributed by atoms with Gasteiger partial charge in [-0.3, -0.25) is 0 Å². The van der Waals surface area contributed by atoms with Crippen molar-refractivity contribution in [3.63, 3.8) is 0 Å². The molecular formula is C24H28N2O. The van der Waals surface area contributed by atoms with Crippen molar-refractivity contribution < 1.29 is 4.74 Å². The van der Waals surface area contributed by atoms with Crippen LogP contribution in [0, 0.1) is 22.7 Å². The maximum absolute atomic E-state index is 9.49. The molecule has 0 N–H and O–H groups in total. The van der Waals surface area contributed by atoms with Crippen molar-refractivity contribution >= 4 is 0 Å². The zero-order valence-corrected chi connectivity index (χ0v) is 17.2. The normalized spacial score (nSPS) is 11.6. The summed E-state index contributed by atoms with van der Waals surface area (Å²) in [6, 6.07) is 15.6. The molecule has 140 valence electrons. The fraction of sp³-hybridized carbons (Fsp3) is 0.417. The van der Waals surface area contributed by atoms with E-state index in [1.807, 2.05) is 6.07 Å². The molecule has 0 spiro atoms. The van der Waals surface area contributed by atoms with E-state index in [9.17, 15) is 10.5 Å². The number of benzene rings is 2. The van der Waals surface area contributed by atoms with Crippen molar-refractivity contribution in [2.75, 3.05) is 0 Å². The summed E-state index contributed by atoms with van der Waals surface area (Å²) in [4.78, 5) is 0. The smallest absolute Gasteiger partial charge is 0.146 e. The zero-order valence-electron chi connectivity index (χ0n) is 17.2. The molecule has 0 bridgehead atoms. The van der Waals surface area contributed by atoms with Crippen LogP contribution in [-0.2, 0) is 10.8 Å². The van der Waals surface area contributed by atoms with E-state index < -0.39 is 0 Å². The van der Waals surface area contributed by atoms with Gasteiger partial charge in [0.2, 0.25) is 0 Å². The summed E-state index contributed by atoms with van der Waals surface area (Å²) in [5.74, 6) is 1.16. The van der Waals surface area contributed by atoms with E-state index in [2.05, 4.69) is 65.8 Å². The van der Waals surface area contributed by atoms with Gasteiger partial charge >= 0.3 is 0 Å². The van der Waals surface area contributed by atoms with Crippen LogP contribution >= 0.6 is 0 Å². The quantitative estimate of drug-likeness (QED) is 0.583. The average Bonchev–Trinajstić information content (AvgIpc) is 2.67. The van der Waals surface area contributed by atoms with Crippen molar-refractivity contribution in [1.82, 2.24) is 0 Å². The first-order chi connectivity index (χ1) is 12.7. The van der Waals surface area contributed by atoms with Gasteiger partial charge in [-0.25, -0.2) is 0 Å². The van der Waals surface area contributed by atoms with Gasteiger partial charge < -0.3 is 4.74 Å². The van der Waals surface area contributed by atoms with Gasteiger partial charge in [0.25, 0.3) is 0 Å². The fourth-order valence-electron chi connectivity index (χ4n) is 2.91. The molecular weight excluding hydrogens is 332 g/mol. The SMILES string of the molecule is CCC(C)(C)c1ccc(Oc2cccc(C#N)c2C#N)c(C(C)(C)CC)c1. The standard InChI is InChI=1S/C24H28N2O/c1-7-23(3,4)18-12-13-22(20(14-18)24(5,6)8-2)27-21-11-9-10-17(15-25)19(21)16-26/h9-14H,7-8H2,1-6H3. The van der Waals surface area contributed by atoms with E-state index in [4.69, 9.17) is 4.74 Å². The summed E-state index contributed by atoms with van der Waals surface area (Å²) in [6.07, 6.45) is 2.00. The Kier molecular flexibility index (Phi) is 5.97. The summed E-state index contributed by atoms with van der Waals surface area (Å²) in [5, 5.41) is 18.7. The number of hydrogen-bond donors (Lipinski definition) is 0. The molecule has 0 radical (unpaired) electrons. The number of ether oxygens (including phenoxy) is 1. The number of rotatable bonds is 6. The van der Waals surface area contributed by atoms with E-state index in [0.29, 0.717) is 11.3 Å². The van der Waals surface area contributed by atoms with E-state index in [-0.39, 0.29) is 16.4 Å². The van der Waals surface area contributed by atoms with Crippen LogP contribution in [-0.4, -0.2) is 0 Å². The van der Waals surface area contributed by atoms with E-state index >= 15 is 0 Å². The van der Waals surface area contributed by atoms with Gasteiger partial charge in [-0.1, -0.05) is 59.7 Å². The Morgan fingerprint density at radius 1 is 0.852 bits per heavy atom. The van der Waals surface area contributed by atoms with Gasteiger partial charge in [-0.15, -0.1) is 0 Å². The molecule has 0 aliphatic rings. The molecule has 0 aliphatic carbocycles. The van der Waals surface area contributed by atoms with E-state index in [1.54, 1.807) is 18.2 Å². The summed E-state index contributed by atoms with van der Waals surface area (Å²) >= 11 is 0. The summed E-state index contributed by atoms with van der Waals surface area (Å²) in [6.45, 7) is 13.3. The molecule has 0 unspecified atom stereocenters. The molecule has 0 aliphatic heterocycles. The second-order valence-electron chi connectivity index (χ2n) is 8.19. The molecule has 2 rings (SSSR count). The Morgan fingerprint density at radius 2 is 1.52 bits per heavy atom. The van der Waals surface area contributed by atoms with Gasteiger partial charge in [0.1, 0.15) is 29.2 Å². The first-order valence-corrected chi connectivity index (χ1v) is 9.46. The molecule has 2 aromatic carbocycles. The largest absolute Gasteiger partial charge is 0.456 e. The molecule has 0 heterocycles. The van der Waals surface area contributed by atoms with Crippen LogP contribution < -0.4 is 4.74 Å². The molecule has 0 aromatic heterocycles. The van der Waals surface area contributed by atoms with Gasteiger partial charge in [0, 0.05) is 5.56 Å². The lowest BCUT2D eigenvalue weighted by Gasteiger charge is -2.30. The molecule has 0 atom stereocenters. The average molecular weight is 361 g/mol. The minimum Gasteiger partial charge on any atom is -0.456 e. The maximum Gasteiger partial charge on any atom is 0.146 e. The highest BCUT2D eigenvalue weighted by Crippen LogP contribution is 2.40. The van der Waals surface area contributed by atoms with Crippen LogP contribution in [0.15, 0.2) is 36.4 Å². The highest BCUT2D eigenvalue weighted by molar-refractivity contribution is 5.56. The van der Waals surface area contributed by atoms with E-state index in [1.165, 1.54) is 5.56 Å². The number of nitriles is 2. The minimum absolute atomic E-state index is 0.0746. The Bertz CT molecular complexity index is 911. The third kappa shape index (κ3) is 4.15. The highest BCUT2D eigenvalue weighted by atomic mass is 16.5. The Balaban J connectivity index is 2.62. The fourth-order valence-corrected chi connectivity index (χ4v) is 2.91. The third-order valence-corrected chi connectivity index (χ3v) is 5.74. The lowest BCUT2D eigenvalue weighted by atomic mass is 9.76. The third-order valence-electron chi connectivity index (χ3n) is 5.74. The molecule has 2 aromatic rings. The van der Waals surface area contributed by atoms with Crippen LogP contribution in [0.25, 0.3) is 0 Å². The summed E-state index contributed by atoms with van der Waals surface area (Å²) in [7, 11) is 0. The van der Waals surface area contributed by atoms with Crippen LogP contribution in [0.2, 0.25) is 0 Å². The van der Waals surface area contributed by atoms with Crippen molar-refractivity contribution in [2.24, 2.45) is 0 Å². The molecule has 27 heavy (non-hydrogen) atoms. The van der Waals surface area contributed by atoms with Crippen molar-refractivity contribution in [3.05, 3.63) is 58.7 Å². The molecule has 0 saturated heterocycles. The Hall–Kier alpha value is -2.78. The minimum atomic E-state index is -0.0746.